The van der Waals surface area contributed by atoms with E-state index in [1.54, 1.807) is 7.11 Å². The summed E-state index contributed by atoms with van der Waals surface area (Å²) in [7, 11) is 1.68. The van der Waals surface area contributed by atoms with Crippen LogP contribution in [0.4, 0.5) is 0 Å². The molecule has 1 N–H and O–H groups in total. The lowest BCUT2D eigenvalue weighted by Crippen LogP contribution is -1.89. The van der Waals surface area contributed by atoms with Gasteiger partial charge in [0.15, 0.2) is 0 Å². The zero-order valence-electron chi connectivity index (χ0n) is 16.0. The van der Waals surface area contributed by atoms with Gasteiger partial charge in [0.25, 0.3) is 0 Å². The molecule has 0 bridgehead atoms. The Hall–Kier alpha value is -3.92. The molecule has 0 saturated carbocycles. The molecular formula is C25H19N3O. The Kier molecular flexibility index (Phi) is 4.30. The molecule has 0 spiro atoms. The van der Waals surface area contributed by atoms with Crippen LogP contribution in [0.2, 0.25) is 0 Å². The molecule has 4 nitrogen and oxygen atoms in total. The van der Waals surface area contributed by atoms with Crippen LogP contribution in [0.5, 0.6) is 5.75 Å². The van der Waals surface area contributed by atoms with Crippen LogP contribution in [0.3, 0.4) is 0 Å². The molecule has 0 saturated heterocycles. The Morgan fingerprint density at radius 1 is 0.793 bits per heavy atom. The molecule has 0 radical (unpaired) electrons. The molecule has 0 aliphatic heterocycles. The SMILES string of the molecule is COc1ccc(-c2cc(-c3ccncc3)c(-c3nccc4ccccc34)[nH]2)cc1. The van der Waals surface area contributed by atoms with Crippen molar-refractivity contribution in [2.45, 2.75) is 0 Å². The average molecular weight is 377 g/mol. The van der Waals surface area contributed by atoms with Crippen LogP contribution in [-0.4, -0.2) is 22.1 Å². The zero-order valence-corrected chi connectivity index (χ0v) is 16.0. The van der Waals surface area contributed by atoms with Crippen molar-refractivity contribution >= 4 is 10.8 Å². The van der Waals surface area contributed by atoms with E-state index < -0.39 is 0 Å². The number of hydrogen-bond donors (Lipinski definition) is 1. The third-order valence-electron chi connectivity index (χ3n) is 5.12. The number of nitrogens with zero attached hydrogens (tertiary/aromatic N) is 2. The summed E-state index contributed by atoms with van der Waals surface area (Å²) < 4.78 is 5.29. The lowest BCUT2D eigenvalue weighted by molar-refractivity contribution is 0.415. The van der Waals surface area contributed by atoms with E-state index in [9.17, 15) is 0 Å². The first-order valence-corrected chi connectivity index (χ1v) is 9.45. The monoisotopic (exact) mass is 377 g/mol. The van der Waals surface area contributed by atoms with E-state index in [-0.39, 0.29) is 0 Å². The normalized spacial score (nSPS) is 10.9. The first-order chi connectivity index (χ1) is 14.3. The minimum Gasteiger partial charge on any atom is -0.497 e. The third-order valence-corrected chi connectivity index (χ3v) is 5.12. The molecule has 0 unspecified atom stereocenters. The molecule has 2 aromatic carbocycles. The van der Waals surface area contributed by atoms with Gasteiger partial charge in [-0.05, 0) is 65.0 Å². The predicted molar refractivity (Wildman–Crippen MR) is 117 cm³/mol. The summed E-state index contributed by atoms with van der Waals surface area (Å²) in [6, 6.07) is 24.6. The van der Waals surface area contributed by atoms with E-state index in [1.165, 1.54) is 5.39 Å². The molecule has 0 amide bonds. The summed E-state index contributed by atoms with van der Waals surface area (Å²) >= 11 is 0. The first-order valence-electron chi connectivity index (χ1n) is 9.45. The van der Waals surface area contributed by atoms with Crippen molar-refractivity contribution in [2.75, 3.05) is 7.11 Å². The third kappa shape index (κ3) is 3.15. The van der Waals surface area contributed by atoms with Crippen LogP contribution in [0.1, 0.15) is 0 Å². The maximum absolute atomic E-state index is 5.29. The van der Waals surface area contributed by atoms with Gasteiger partial charge in [0.1, 0.15) is 5.75 Å². The van der Waals surface area contributed by atoms with Gasteiger partial charge >= 0.3 is 0 Å². The van der Waals surface area contributed by atoms with Gasteiger partial charge in [-0.3, -0.25) is 9.97 Å². The predicted octanol–water partition coefficient (Wildman–Crippen LogP) is 5.97. The first kappa shape index (κ1) is 17.2. The molecule has 29 heavy (non-hydrogen) atoms. The van der Waals surface area contributed by atoms with E-state index in [1.807, 2.05) is 61.1 Å². The molecule has 3 heterocycles. The average Bonchev–Trinajstić information content (AvgIpc) is 3.24. The second-order valence-electron chi connectivity index (χ2n) is 6.82. The fourth-order valence-electron chi connectivity index (χ4n) is 3.65. The second kappa shape index (κ2) is 7.24. The van der Waals surface area contributed by atoms with Crippen LogP contribution in [-0.2, 0) is 0 Å². The number of pyridine rings is 2. The highest BCUT2D eigenvalue weighted by Gasteiger charge is 2.16. The molecule has 0 aliphatic rings. The number of aromatic nitrogens is 3. The van der Waals surface area contributed by atoms with Gasteiger partial charge in [-0.1, -0.05) is 24.3 Å². The molecule has 5 rings (SSSR count). The number of hydrogen-bond acceptors (Lipinski definition) is 3. The van der Waals surface area contributed by atoms with Gasteiger partial charge < -0.3 is 9.72 Å². The minimum atomic E-state index is 0.839. The zero-order chi connectivity index (χ0) is 19.6. The molecule has 0 aliphatic carbocycles. The Labute approximate surface area is 168 Å². The van der Waals surface area contributed by atoms with Crippen LogP contribution < -0.4 is 4.74 Å². The Bertz CT molecular complexity index is 1270. The number of fused-ring (bicyclic) bond motifs is 1. The van der Waals surface area contributed by atoms with Crippen molar-refractivity contribution in [3.8, 4) is 39.5 Å². The number of H-pyrrole nitrogens is 1. The molecule has 4 heteroatoms. The maximum Gasteiger partial charge on any atom is 0.118 e. The van der Waals surface area contributed by atoms with Gasteiger partial charge in [0, 0.05) is 35.2 Å². The number of benzene rings is 2. The highest BCUT2D eigenvalue weighted by molar-refractivity contribution is 5.98. The summed E-state index contributed by atoms with van der Waals surface area (Å²) in [5.74, 6) is 0.839. The Morgan fingerprint density at radius 3 is 2.38 bits per heavy atom. The van der Waals surface area contributed by atoms with E-state index >= 15 is 0 Å². The smallest absolute Gasteiger partial charge is 0.118 e. The molecule has 0 atom stereocenters. The summed E-state index contributed by atoms with van der Waals surface area (Å²) in [6.07, 6.45) is 5.49. The van der Waals surface area contributed by atoms with Gasteiger partial charge in [0.2, 0.25) is 0 Å². The van der Waals surface area contributed by atoms with Gasteiger partial charge in [-0.15, -0.1) is 0 Å². The molecule has 140 valence electrons. The quantitative estimate of drug-likeness (QED) is 0.420. The lowest BCUT2D eigenvalue weighted by atomic mass is 10.0. The highest BCUT2D eigenvalue weighted by atomic mass is 16.5. The Balaban J connectivity index is 1.74. The largest absolute Gasteiger partial charge is 0.497 e. The number of methoxy groups -OCH3 is 1. The van der Waals surface area contributed by atoms with Crippen molar-refractivity contribution in [3.63, 3.8) is 0 Å². The van der Waals surface area contributed by atoms with Crippen LogP contribution in [0.25, 0.3) is 44.5 Å². The topological polar surface area (TPSA) is 50.8 Å². The summed E-state index contributed by atoms with van der Waals surface area (Å²) in [4.78, 5) is 12.5. The van der Waals surface area contributed by atoms with Crippen LogP contribution >= 0.6 is 0 Å². The molecule has 5 aromatic rings. The number of aromatic amines is 1. The number of nitrogens with one attached hydrogen (secondary N) is 1. The highest BCUT2D eigenvalue weighted by Crippen LogP contribution is 2.37. The molecule has 0 fully saturated rings. The van der Waals surface area contributed by atoms with Crippen molar-refractivity contribution in [1.82, 2.24) is 15.0 Å². The van der Waals surface area contributed by atoms with Crippen molar-refractivity contribution in [2.24, 2.45) is 0 Å². The molecular weight excluding hydrogens is 358 g/mol. The van der Waals surface area contributed by atoms with E-state index in [0.29, 0.717) is 0 Å². The van der Waals surface area contributed by atoms with E-state index in [4.69, 9.17) is 9.72 Å². The molecule has 3 aromatic heterocycles. The van der Waals surface area contributed by atoms with E-state index in [0.717, 1.165) is 44.9 Å². The summed E-state index contributed by atoms with van der Waals surface area (Å²) in [6.45, 7) is 0. The second-order valence-corrected chi connectivity index (χ2v) is 6.82. The summed E-state index contributed by atoms with van der Waals surface area (Å²) in [5, 5.41) is 2.28. The van der Waals surface area contributed by atoms with Gasteiger partial charge in [-0.2, -0.15) is 0 Å². The van der Waals surface area contributed by atoms with E-state index in [2.05, 4.69) is 40.3 Å². The maximum atomic E-state index is 5.29. The number of rotatable bonds is 4. The lowest BCUT2D eigenvalue weighted by Gasteiger charge is -2.07. The van der Waals surface area contributed by atoms with Gasteiger partial charge in [0.05, 0.1) is 18.5 Å². The van der Waals surface area contributed by atoms with Crippen molar-refractivity contribution in [3.05, 3.63) is 91.4 Å². The van der Waals surface area contributed by atoms with Crippen LogP contribution in [0.15, 0.2) is 91.4 Å². The Morgan fingerprint density at radius 2 is 1.59 bits per heavy atom. The minimum absolute atomic E-state index is 0.839. The van der Waals surface area contributed by atoms with Crippen molar-refractivity contribution < 1.29 is 4.74 Å². The van der Waals surface area contributed by atoms with Crippen molar-refractivity contribution in [1.29, 1.82) is 0 Å². The van der Waals surface area contributed by atoms with Gasteiger partial charge in [-0.25, -0.2) is 0 Å². The standard InChI is InChI=1S/C25H19N3O/c1-29-20-8-6-19(7-9-20)23-16-22(18-10-13-26-14-11-18)25(28-23)24-21-5-3-2-4-17(21)12-15-27-24/h2-16,28H,1H3. The van der Waals surface area contributed by atoms with Crippen LogP contribution in [0, 0.1) is 0 Å². The number of ether oxygens (including phenoxy) is 1. The fourth-order valence-corrected chi connectivity index (χ4v) is 3.65. The fraction of sp³-hybridized carbons (Fsp3) is 0.0400. The summed E-state index contributed by atoms with van der Waals surface area (Å²) in [5.41, 5.74) is 6.26.